The molecular weight excluding hydrogens is 1470 g/mol. The average molecular weight is 1570 g/mol. The second kappa shape index (κ2) is 31.4. The summed E-state index contributed by atoms with van der Waals surface area (Å²) in [4.78, 5) is 65.2. The van der Waals surface area contributed by atoms with Crippen LogP contribution in [0.3, 0.4) is 0 Å². The largest absolute Gasteiger partial charge is 1.00 e. The van der Waals surface area contributed by atoms with Crippen molar-refractivity contribution in [1.29, 1.82) is 0 Å². The third-order valence-electron chi connectivity index (χ3n) is 24.7. The fraction of sp³-hybridized carbons (Fsp3) is 0.512. The van der Waals surface area contributed by atoms with Crippen LogP contribution in [0.1, 0.15) is 185 Å². The number of aryl methyl sites for hydroxylation is 4. The Labute approximate surface area is 629 Å². The number of rotatable bonds is 19. The van der Waals surface area contributed by atoms with Crippen LogP contribution in [-0.2, 0) is 48.3 Å². The molecular formula is C84H98BrF4O13S3+. The summed E-state index contributed by atoms with van der Waals surface area (Å²) in [7, 11) is -6.78. The van der Waals surface area contributed by atoms with Crippen LogP contribution in [0, 0.1) is 74.0 Å². The van der Waals surface area contributed by atoms with Crippen LogP contribution in [0.4, 0.5) is 17.6 Å². The summed E-state index contributed by atoms with van der Waals surface area (Å²) in [5.41, 5.74) is 3.40. The van der Waals surface area contributed by atoms with E-state index in [1.165, 1.54) is 50.1 Å². The second-order valence-corrected chi connectivity index (χ2v) is 36.4. The number of hydrogen-bond acceptors (Lipinski definition) is 12. The molecule has 14 rings (SSSR count). The van der Waals surface area contributed by atoms with Crippen LogP contribution in [-0.4, -0.2) is 78.2 Å². The van der Waals surface area contributed by atoms with Gasteiger partial charge in [0.15, 0.2) is 41.8 Å². The molecule has 0 saturated heterocycles. The molecule has 105 heavy (non-hydrogen) atoms. The SMILES string of the molecule is CCC1(OC(=O)COc2c(C)cc(-[s+]3c4ccccc4c4ccccc43)cc2C)CCCC1.CCC1(OC(=O)COc2c(C)cc(-[s+]3c4ccccc4c4ccccc43)cc2C)CCCC1.C[C@H](CCC(=O)OC(F)(F)C(F)(F)S(=O)(=O)O)[C@H]1CC[C@H]2[C@@H]3C(=O)CC4CC(=O)CC[C@]4(C)[C@H]3CC[C@]12C.[Br-]. The van der Waals surface area contributed by atoms with Gasteiger partial charge in [-0.2, -0.15) is 26.0 Å². The molecule has 6 aliphatic carbocycles. The molecule has 2 heterocycles. The highest BCUT2D eigenvalue weighted by Crippen LogP contribution is 2.68. The Morgan fingerprint density at radius 2 is 0.971 bits per heavy atom. The summed E-state index contributed by atoms with van der Waals surface area (Å²) in [6, 6.07) is 43.7. The molecule has 0 radical (unpaired) electrons. The number of carbonyl (C=O) groups excluding carboxylic acids is 5. The van der Waals surface area contributed by atoms with E-state index in [0.717, 1.165) is 130 Å². The van der Waals surface area contributed by atoms with Crippen LogP contribution in [0.2, 0.25) is 0 Å². The lowest BCUT2D eigenvalue weighted by Gasteiger charge is -2.59. The van der Waals surface area contributed by atoms with Gasteiger partial charge in [-0.05, 0) is 242 Å². The predicted molar refractivity (Wildman–Crippen MR) is 402 cm³/mol. The van der Waals surface area contributed by atoms with Crippen molar-refractivity contribution in [2.45, 2.75) is 213 Å². The van der Waals surface area contributed by atoms with E-state index in [1.54, 1.807) is 0 Å². The lowest BCUT2D eigenvalue weighted by atomic mass is 9.44. The van der Waals surface area contributed by atoms with Crippen molar-refractivity contribution in [3.63, 3.8) is 0 Å². The molecule has 6 fully saturated rings. The van der Waals surface area contributed by atoms with E-state index in [1.807, 2.05) is 6.92 Å². The van der Waals surface area contributed by atoms with E-state index in [9.17, 15) is 50.0 Å². The van der Waals surface area contributed by atoms with E-state index in [-0.39, 0.29) is 139 Å². The molecule has 1 N–H and O–H groups in total. The molecule has 6 aromatic carbocycles. The van der Waals surface area contributed by atoms with Crippen LogP contribution >= 0.6 is 20.9 Å². The number of fused-ring (bicyclic) bond motifs is 11. The van der Waals surface area contributed by atoms with Crippen LogP contribution in [0.25, 0.3) is 50.1 Å². The number of halogens is 5. The summed E-state index contributed by atoms with van der Waals surface area (Å²) >= 11 is 0. The number of benzene rings is 6. The number of ether oxygens (including phenoxy) is 5. The highest BCUT2D eigenvalue weighted by Gasteiger charge is 2.70. The van der Waals surface area contributed by atoms with Crippen LogP contribution in [0.15, 0.2) is 121 Å². The Morgan fingerprint density at radius 3 is 1.37 bits per heavy atom. The maximum absolute atomic E-state index is 13.6. The second-order valence-electron chi connectivity index (χ2n) is 31.0. The van der Waals surface area contributed by atoms with E-state index in [4.69, 9.17) is 23.5 Å². The maximum atomic E-state index is 13.6. The molecule has 1 unspecified atom stereocenters. The number of esters is 3. The normalized spacial score (nSPS) is 23.6. The Balaban J connectivity index is 0.000000157. The summed E-state index contributed by atoms with van der Waals surface area (Å²) < 4.78 is 116. The first kappa shape index (κ1) is 79.3. The van der Waals surface area contributed by atoms with Gasteiger partial charge in [0.2, 0.25) is 0 Å². The molecule has 0 aliphatic heterocycles. The van der Waals surface area contributed by atoms with E-state index in [2.05, 4.69) is 181 Å². The zero-order chi connectivity index (χ0) is 74.5. The fourth-order valence-corrected chi connectivity index (χ4v) is 24.7. The van der Waals surface area contributed by atoms with Crippen molar-refractivity contribution >= 4 is 101 Å². The molecule has 8 atom stereocenters. The smallest absolute Gasteiger partial charge is 0.485 e. The number of carbonyl (C=O) groups is 5. The van der Waals surface area contributed by atoms with Gasteiger partial charge in [0.1, 0.15) is 34.3 Å². The van der Waals surface area contributed by atoms with Gasteiger partial charge in [-0.3, -0.25) is 18.9 Å². The Bertz CT molecular complexity index is 4350. The molecule has 13 nitrogen and oxygen atoms in total. The minimum Gasteiger partial charge on any atom is -1.00 e. The summed E-state index contributed by atoms with van der Waals surface area (Å²) in [6.45, 7) is 18.6. The molecule has 0 amide bonds. The topological polar surface area (TPSA) is 186 Å². The van der Waals surface area contributed by atoms with Gasteiger partial charge in [-0.15, -0.1) is 0 Å². The molecule has 6 saturated carbocycles. The first-order valence-electron chi connectivity index (χ1n) is 37.1. The molecule has 21 heteroatoms. The Morgan fingerprint density at radius 1 is 0.571 bits per heavy atom. The van der Waals surface area contributed by atoms with E-state index < -0.39 is 33.9 Å². The van der Waals surface area contributed by atoms with Gasteiger partial charge in [0.25, 0.3) is 0 Å². The summed E-state index contributed by atoms with van der Waals surface area (Å²) in [5.74, 6) is 0.0831. The average Bonchev–Trinajstić information content (AvgIpc) is 1.65. The number of hydrogen-bond donors (Lipinski definition) is 1. The zero-order valence-electron chi connectivity index (χ0n) is 61.5. The highest BCUT2D eigenvalue weighted by atomic mass is 79.9. The predicted octanol–water partition coefficient (Wildman–Crippen LogP) is 18.4. The fourth-order valence-electron chi connectivity index (χ4n) is 19.3. The third-order valence-corrected chi connectivity index (χ3v) is 30.2. The third kappa shape index (κ3) is 15.5. The van der Waals surface area contributed by atoms with Gasteiger partial charge in [0.05, 0.1) is 0 Å². The van der Waals surface area contributed by atoms with Crippen LogP contribution < -0.4 is 26.5 Å². The molecule has 8 aromatic rings. The van der Waals surface area contributed by atoms with Gasteiger partial charge in [-0.1, -0.05) is 83.1 Å². The number of ketones is 2. The van der Waals surface area contributed by atoms with Gasteiger partial charge < -0.3 is 40.7 Å². The van der Waals surface area contributed by atoms with Crippen molar-refractivity contribution in [3.05, 3.63) is 144 Å². The minimum atomic E-state index is -6.51. The zero-order valence-corrected chi connectivity index (χ0v) is 65.6. The Hall–Kier alpha value is -6.78. The van der Waals surface area contributed by atoms with Crippen molar-refractivity contribution in [3.8, 4) is 21.3 Å². The lowest BCUT2D eigenvalue weighted by molar-refractivity contribution is -0.302. The lowest BCUT2D eigenvalue weighted by Crippen LogP contribution is -3.00. The van der Waals surface area contributed by atoms with Crippen molar-refractivity contribution in [1.82, 2.24) is 0 Å². The monoisotopic (exact) mass is 1570 g/mol. The molecule has 2 aromatic heterocycles. The van der Waals surface area contributed by atoms with Gasteiger partial charge in [0, 0.05) is 98.4 Å². The van der Waals surface area contributed by atoms with E-state index >= 15 is 0 Å². The maximum Gasteiger partial charge on any atom is 0.485 e. The Kier molecular flexibility index (Phi) is 23.7. The quantitative estimate of drug-likeness (QED) is 0.0265. The number of Topliss-reactive ketones (excluding diaryl/α,β-unsaturated/α-hetero) is 2. The van der Waals surface area contributed by atoms with Gasteiger partial charge >= 0.3 is 39.4 Å². The standard InChI is InChI=1S/2C29H31O3S.C26H36F4O7S.BrH/c2*1-4-29(15-9-10-16-29)32-27(30)19-31-28-20(2)17-22(18-21(28)3)33-25-13-7-5-11-23(25)24-12-6-8-14-26(24)33;1-14(4-7-21(33)37-25(27,28)26(29,30)38(34,35)36)17-5-6-18-22-19(9-11-24(17,18)3)23(2)10-8-16(31)12-15(23)13-20(22)32;/h2*5-8,11-14,17-18H,4,9-10,15-16,19H2,1-3H3;14-15,17-19,22H,4-13H2,1-3H3,(H,34,35,36);1H/q2*+1;;/p-1/t;;14-,15?,17-,18+,19+,22+,23+,24-;/m..1./s1. The molecule has 6 aliphatic rings. The van der Waals surface area contributed by atoms with E-state index in [0.29, 0.717) is 19.3 Å². The van der Waals surface area contributed by atoms with Gasteiger partial charge in [-0.25, -0.2) is 9.59 Å². The summed E-state index contributed by atoms with van der Waals surface area (Å²) in [5, 5.41) is -0.670. The van der Waals surface area contributed by atoms with Crippen LogP contribution in [0.5, 0.6) is 11.5 Å². The minimum absolute atomic E-state index is 0. The number of alkyl halides is 4. The molecule has 0 bridgehead atoms. The van der Waals surface area contributed by atoms with Crippen molar-refractivity contribution in [2.24, 2.45) is 46.3 Å². The van der Waals surface area contributed by atoms with Crippen molar-refractivity contribution < 1.29 is 95.2 Å². The first-order chi connectivity index (χ1) is 49.4. The summed E-state index contributed by atoms with van der Waals surface area (Å²) in [6.07, 6.45) is 9.42. The molecule has 564 valence electrons. The highest BCUT2D eigenvalue weighted by molar-refractivity contribution is 7.87. The first-order valence-corrected chi connectivity index (χ1v) is 41.0. The molecule has 0 spiro atoms. The van der Waals surface area contributed by atoms with Crippen molar-refractivity contribution in [2.75, 3.05) is 13.2 Å². The number of thiophene rings is 2.